The molecule has 0 fully saturated rings. The average Bonchev–Trinajstić information content (AvgIpc) is 4.08. The first kappa shape index (κ1) is 33.8. The van der Waals surface area contributed by atoms with Gasteiger partial charge in [-0.1, -0.05) is 109 Å². The predicted octanol–water partition coefficient (Wildman–Crippen LogP) is 11.5. The van der Waals surface area contributed by atoms with Crippen LogP contribution in [-0.4, -0.2) is 25.6 Å². The second-order valence-corrected chi connectivity index (χ2v) is 16.6. The van der Waals surface area contributed by atoms with E-state index in [4.69, 9.17) is 28.5 Å². The summed E-state index contributed by atoms with van der Waals surface area (Å²) >= 11 is 0. The fourth-order valence-corrected chi connectivity index (χ4v) is 10.3. The maximum absolute atomic E-state index is 6.73. The van der Waals surface area contributed by atoms with Gasteiger partial charge in [0.1, 0.15) is 34.2 Å². The lowest BCUT2D eigenvalue weighted by Crippen LogP contribution is -2.34. The summed E-state index contributed by atoms with van der Waals surface area (Å²) < 4.78 is 22.0. The molecule has 10 aromatic rings. The third kappa shape index (κ3) is 4.90. The Morgan fingerprint density at radius 2 is 1.23 bits per heavy atom. The Kier molecular flexibility index (Phi) is 6.94. The number of fused-ring (bicyclic) bond motifs is 13. The highest BCUT2D eigenvalue weighted by molar-refractivity contribution is 6.07. The maximum Gasteiger partial charge on any atom is 0.164 e. The molecule has 0 bridgehead atoms. The van der Waals surface area contributed by atoms with Gasteiger partial charge in [0, 0.05) is 60.3 Å². The zero-order valence-corrected chi connectivity index (χ0v) is 33.2. The third-order valence-electron chi connectivity index (χ3n) is 13.1. The molecule has 3 atom stereocenters. The molecule has 4 aromatic heterocycles. The number of rotatable bonds is 4. The molecule has 0 saturated carbocycles. The van der Waals surface area contributed by atoms with E-state index in [2.05, 4.69) is 138 Å². The van der Waals surface area contributed by atoms with Gasteiger partial charge in [0.05, 0.1) is 22.5 Å². The summed E-state index contributed by atoms with van der Waals surface area (Å²) in [5.41, 5.74) is 10.4. The molecule has 3 unspecified atom stereocenters. The number of furan rings is 2. The van der Waals surface area contributed by atoms with Crippen LogP contribution in [0.1, 0.15) is 23.7 Å². The molecule has 0 amide bonds. The smallest absolute Gasteiger partial charge is 0.164 e. The first-order chi connectivity index (χ1) is 30.7. The Balaban J connectivity index is 1.07. The summed E-state index contributed by atoms with van der Waals surface area (Å²) in [5, 5.41) is 7.84. The van der Waals surface area contributed by atoms with E-state index < -0.39 is 0 Å². The van der Waals surface area contributed by atoms with Gasteiger partial charge in [-0.05, 0) is 78.8 Å². The average molecular weight is 799 g/mol. The van der Waals surface area contributed by atoms with E-state index in [-0.39, 0.29) is 12.0 Å². The molecule has 14 rings (SSSR count). The number of ether oxygens (including phenoxy) is 1. The Morgan fingerprint density at radius 3 is 1.97 bits per heavy atom. The summed E-state index contributed by atoms with van der Waals surface area (Å²) in [4.78, 5) is 16.2. The normalized spacial score (nSPS) is 18.7. The minimum absolute atomic E-state index is 0.195. The lowest BCUT2D eigenvalue weighted by molar-refractivity contribution is 0.271. The van der Waals surface area contributed by atoms with Crippen molar-refractivity contribution < 1.29 is 13.6 Å². The van der Waals surface area contributed by atoms with Gasteiger partial charge in [-0.3, -0.25) is 0 Å². The van der Waals surface area contributed by atoms with E-state index >= 15 is 0 Å². The van der Waals surface area contributed by atoms with E-state index in [0.29, 0.717) is 23.4 Å². The number of aromatic nitrogens is 4. The number of allylic oxidation sites excluding steroid dienone is 6. The molecule has 7 nitrogen and oxygen atoms in total. The molecule has 1 aliphatic heterocycles. The van der Waals surface area contributed by atoms with Crippen LogP contribution in [0.3, 0.4) is 0 Å². The van der Waals surface area contributed by atoms with Gasteiger partial charge in [0.25, 0.3) is 0 Å². The van der Waals surface area contributed by atoms with Gasteiger partial charge >= 0.3 is 0 Å². The van der Waals surface area contributed by atoms with Crippen molar-refractivity contribution in [1.29, 1.82) is 0 Å². The van der Waals surface area contributed by atoms with Crippen molar-refractivity contribution in [2.45, 2.75) is 18.4 Å². The Labute approximate surface area is 354 Å². The largest absolute Gasteiger partial charge is 0.485 e. The minimum Gasteiger partial charge on any atom is -0.485 e. The lowest BCUT2D eigenvalue weighted by Gasteiger charge is -2.27. The van der Waals surface area contributed by atoms with Crippen molar-refractivity contribution in [2.75, 3.05) is 0 Å². The monoisotopic (exact) mass is 798 g/mol. The quantitative estimate of drug-likeness (QED) is 0.176. The predicted molar refractivity (Wildman–Crippen MR) is 247 cm³/mol. The third-order valence-corrected chi connectivity index (χ3v) is 13.1. The Bertz CT molecular complexity index is 3720. The first-order valence-electron chi connectivity index (χ1n) is 21.2. The van der Waals surface area contributed by atoms with Crippen LogP contribution in [0.25, 0.3) is 101 Å². The topological polar surface area (TPSA) is 79.1 Å². The zero-order chi connectivity index (χ0) is 40.5. The van der Waals surface area contributed by atoms with Crippen LogP contribution >= 0.6 is 0 Å². The molecule has 5 heterocycles. The highest BCUT2D eigenvalue weighted by Crippen LogP contribution is 2.50. The number of hydrogen-bond acceptors (Lipinski definition) is 6. The molecule has 0 radical (unpaired) electrons. The summed E-state index contributed by atoms with van der Waals surface area (Å²) in [6, 6.07) is 45.9. The van der Waals surface area contributed by atoms with Gasteiger partial charge in [0.2, 0.25) is 0 Å². The van der Waals surface area contributed by atoms with Gasteiger partial charge in [0.15, 0.2) is 17.5 Å². The Morgan fingerprint density at radius 1 is 0.597 bits per heavy atom. The minimum atomic E-state index is -0.252. The molecule has 0 spiro atoms. The van der Waals surface area contributed by atoms with E-state index in [0.717, 1.165) is 94.9 Å². The molecule has 4 aliphatic rings. The van der Waals surface area contributed by atoms with Crippen LogP contribution < -0.4 is 15.3 Å². The van der Waals surface area contributed by atoms with E-state index in [1.54, 1.807) is 0 Å². The maximum atomic E-state index is 6.73. The van der Waals surface area contributed by atoms with Crippen LogP contribution in [-0.2, 0) is 0 Å². The van der Waals surface area contributed by atoms with Crippen LogP contribution in [0.15, 0.2) is 178 Å². The summed E-state index contributed by atoms with van der Waals surface area (Å²) in [6.45, 7) is 0. The number of hydrogen-bond donors (Lipinski definition) is 0. The SMILES string of the molecule is C1=CCC2C=c3c(n(C4=C(c5nc(-c6ccc7c(c6)oc6ccccc67)nc(-c6ccc7c(c6)oc6ccccc67)n5)C5c6ccccc6OC5C=C4)c4ccccc34)=CC2=C1. The second-order valence-electron chi connectivity index (χ2n) is 16.6. The lowest BCUT2D eigenvalue weighted by atomic mass is 9.82. The summed E-state index contributed by atoms with van der Waals surface area (Å²) in [5.74, 6) is 2.68. The zero-order valence-electron chi connectivity index (χ0n) is 33.2. The van der Waals surface area contributed by atoms with Crippen molar-refractivity contribution in [1.82, 2.24) is 19.5 Å². The van der Waals surface area contributed by atoms with Gasteiger partial charge in [-0.2, -0.15) is 0 Å². The molecular weight excluding hydrogens is 765 g/mol. The van der Waals surface area contributed by atoms with Crippen molar-refractivity contribution in [2.24, 2.45) is 5.92 Å². The van der Waals surface area contributed by atoms with Crippen LogP contribution in [0.4, 0.5) is 0 Å². The van der Waals surface area contributed by atoms with E-state index in [9.17, 15) is 0 Å². The molecule has 6 aromatic carbocycles. The molecular formula is C55H34N4O3. The number of para-hydroxylation sites is 4. The molecule has 7 heteroatoms. The van der Waals surface area contributed by atoms with Crippen LogP contribution in [0, 0.1) is 5.92 Å². The first-order valence-corrected chi connectivity index (χ1v) is 21.2. The fraction of sp³-hybridized carbons (Fsp3) is 0.0727. The number of nitrogens with zero attached hydrogens (tertiary/aromatic N) is 4. The van der Waals surface area contributed by atoms with Gasteiger partial charge < -0.3 is 18.1 Å². The van der Waals surface area contributed by atoms with Crippen LogP contribution in [0.5, 0.6) is 5.75 Å². The highest BCUT2D eigenvalue weighted by Gasteiger charge is 2.41. The second kappa shape index (κ2) is 12.7. The van der Waals surface area contributed by atoms with E-state index in [1.165, 1.54) is 16.2 Å². The van der Waals surface area contributed by atoms with E-state index in [1.807, 2.05) is 42.5 Å². The van der Waals surface area contributed by atoms with Gasteiger partial charge in [-0.15, -0.1) is 0 Å². The van der Waals surface area contributed by atoms with Crippen LogP contribution in [0.2, 0.25) is 0 Å². The molecule has 0 saturated heterocycles. The van der Waals surface area contributed by atoms with Gasteiger partial charge in [-0.25, -0.2) is 15.0 Å². The molecule has 0 N–H and O–H groups in total. The molecule has 292 valence electrons. The fourth-order valence-electron chi connectivity index (χ4n) is 10.3. The molecule has 62 heavy (non-hydrogen) atoms. The number of benzene rings is 6. The summed E-state index contributed by atoms with van der Waals surface area (Å²) in [7, 11) is 0. The summed E-state index contributed by atoms with van der Waals surface area (Å²) in [6.07, 6.45) is 16.7. The molecule has 3 aliphatic carbocycles. The standard InChI is InChI=1S/C55H34N4O3/c1-2-12-32-28-44-41(27-31(32)11-1)35-13-3-7-17-42(35)59(44)43-25-26-48-51(40-16-6-10-20-47(40)60-48)52(43)55-57-53(33-21-23-38-36-14-4-8-18-45(36)61-49(38)29-33)56-54(58-55)34-22-24-39-37-15-5-9-19-46(37)62-50(39)30-34/h1-10,12-31,48,51H,11H2. The van der Waals surface area contributed by atoms with Crippen molar-refractivity contribution in [3.63, 3.8) is 0 Å². The highest BCUT2D eigenvalue weighted by atomic mass is 16.5. The van der Waals surface area contributed by atoms with Crippen molar-refractivity contribution >= 4 is 78.2 Å². The Hall–Kier alpha value is -8.03. The van der Waals surface area contributed by atoms with Crippen molar-refractivity contribution in [3.05, 3.63) is 191 Å². The van der Waals surface area contributed by atoms with Crippen molar-refractivity contribution in [3.8, 4) is 28.5 Å².